The van der Waals surface area contributed by atoms with E-state index in [1.165, 1.54) is 11.1 Å². The van der Waals surface area contributed by atoms with Crippen molar-refractivity contribution in [1.29, 1.82) is 0 Å². The Hall–Kier alpha value is -5.34. The molecule has 0 aliphatic carbocycles. The molecule has 5 aromatic carbocycles. The Morgan fingerprint density at radius 1 is 0.325 bits per heavy atom. The van der Waals surface area contributed by atoms with Crippen molar-refractivity contribution in [3.8, 4) is 55.8 Å². The molecule has 0 unspecified atom stereocenters. The lowest BCUT2D eigenvalue weighted by molar-refractivity contribution is 1.32. The van der Waals surface area contributed by atoms with E-state index in [2.05, 4.69) is 133 Å². The van der Waals surface area contributed by atoms with Crippen LogP contribution in [0, 0.1) is 0 Å². The van der Waals surface area contributed by atoms with Crippen LogP contribution in [0.5, 0.6) is 0 Å². The molecule has 0 N–H and O–H groups in total. The highest BCUT2D eigenvalue weighted by molar-refractivity contribution is 6.20. The van der Waals surface area contributed by atoms with Gasteiger partial charge in [0.15, 0.2) is 0 Å². The molecule has 188 valence electrons. The summed E-state index contributed by atoms with van der Waals surface area (Å²) in [5.41, 5.74) is 12.2. The van der Waals surface area contributed by atoms with Gasteiger partial charge in [0.05, 0.1) is 11.2 Å². The van der Waals surface area contributed by atoms with E-state index in [1.807, 2.05) is 24.5 Å². The summed E-state index contributed by atoms with van der Waals surface area (Å²) in [6.07, 6.45) is 3.78. The normalized spacial score (nSPS) is 11.0. The summed E-state index contributed by atoms with van der Waals surface area (Å²) in [4.78, 5) is 9.91. The zero-order chi connectivity index (χ0) is 26.7. The van der Waals surface area contributed by atoms with Gasteiger partial charge in [-0.15, -0.1) is 0 Å². The molecule has 0 bridgehead atoms. The zero-order valence-electron chi connectivity index (χ0n) is 21.9. The van der Waals surface area contributed by atoms with Gasteiger partial charge in [0.25, 0.3) is 0 Å². The molecule has 0 saturated heterocycles. The lowest BCUT2D eigenvalue weighted by atomic mass is 9.79. The molecule has 0 amide bonds. The first-order valence-corrected chi connectivity index (χ1v) is 13.5. The van der Waals surface area contributed by atoms with Crippen LogP contribution in [0.4, 0.5) is 0 Å². The molecule has 0 aliphatic rings. The van der Waals surface area contributed by atoms with Crippen molar-refractivity contribution < 1.29 is 0 Å². The van der Waals surface area contributed by atoms with E-state index in [-0.39, 0.29) is 0 Å². The molecule has 2 aromatic heterocycles. The lowest BCUT2D eigenvalue weighted by Gasteiger charge is -2.25. The standard InChI is InChI=1S/C38H26N2/c1-5-15-27(16-6-1)33-34(28-17-7-2-8-18-28)36(30-21-11-4-12-22-30)38-37(35(33)29-19-9-3-10-20-29)31(24-26-40-38)32-23-13-14-25-39-32/h1-26H. The molecule has 2 nitrogen and oxygen atoms in total. The Bertz CT molecular complexity index is 1900. The number of hydrogen-bond donors (Lipinski definition) is 0. The molecule has 0 radical (unpaired) electrons. The largest absolute Gasteiger partial charge is 0.256 e. The fraction of sp³-hybridized carbons (Fsp3) is 0. The quantitative estimate of drug-likeness (QED) is 0.230. The van der Waals surface area contributed by atoms with Crippen molar-refractivity contribution in [2.24, 2.45) is 0 Å². The predicted molar refractivity (Wildman–Crippen MR) is 167 cm³/mol. The second-order valence-electron chi connectivity index (χ2n) is 9.76. The number of fused-ring (bicyclic) bond motifs is 1. The number of hydrogen-bond acceptors (Lipinski definition) is 2. The zero-order valence-corrected chi connectivity index (χ0v) is 21.9. The summed E-state index contributed by atoms with van der Waals surface area (Å²) in [5.74, 6) is 0. The first-order valence-electron chi connectivity index (χ1n) is 13.5. The lowest BCUT2D eigenvalue weighted by Crippen LogP contribution is -2.00. The molecule has 0 spiro atoms. The van der Waals surface area contributed by atoms with Gasteiger partial charge in [0.2, 0.25) is 0 Å². The Morgan fingerprint density at radius 2 is 0.775 bits per heavy atom. The van der Waals surface area contributed by atoms with Crippen molar-refractivity contribution in [3.05, 3.63) is 158 Å². The van der Waals surface area contributed by atoms with Crippen molar-refractivity contribution in [3.63, 3.8) is 0 Å². The van der Waals surface area contributed by atoms with Crippen molar-refractivity contribution in [2.75, 3.05) is 0 Å². The number of pyridine rings is 2. The first kappa shape index (κ1) is 23.8. The van der Waals surface area contributed by atoms with Crippen LogP contribution in [0.15, 0.2) is 158 Å². The minimum Gasteiger partial charge on any atom is -0.256 e. The van der Waals surface area contributed by atoms with Gasteiger partial charge >= 0.3 is 0 Å². The number of aromatic nitrogens is 2. The van der Waals surface area contributed by atoms with E-state index in [0.717, 1.165) is 55.5 Å². The van der Waals surface area contributed by atoms with E-state index in [9.17, 15) is 0 Å². The Balaban J connectivity index is 1.79. The third-order valence-corrected chi connectivity index (χ3v) is 7.38. The van der Waals surface area contributed by atoms with E-state index in [0.29, 0.717) is 0 Å². The second-order valence-corrected chi connectivity index (χ2v) is 9.76. The molecule has 0 atom stereocenters. The van der Waals surface area contributed by atoms with E-state index < -0.39 is 0 Å². The van der Waals surface area contributed by atoms with Gasteiger partial charge in [0.1, 0.15) is 0 Å². The smallest absolute Gasteiger partial charge is 0.0800 e. The highest BCUT2D eigenvalue weighted by Gasteiger charge is 2.26. The number of nitrogens with zero attached hydrogens (tertiary/aromatic N) is 2. The summed E-state index contributed by atoms with van der Waals surface area (Å²) in [7, 11) is 0. The van der Waals surface area contributed by atoms with Gasteiger partial charge in [-0.1, -0.05) is 127 Å². The van der Waals surface area contributed by atoms with Crippen LogP contribution >= 0.6 is 0 Å². The SMILES string of the molecule is c1ccc(-c2c(-c3ccccc3)c(-c3ccccc3)c3c(-c4ccccn4)ccnc3c2-c2ccccc2)cc1. The molecular formula is C38H26N2. The average Bonchev–Trinajstić information content (AvgIpc) is 3.05. The summed E-state index contributed by atoms with van der Waals surface area (Å²) < 4.78 is 0. The minimum absolute atomic E-state index is 0.928. The van der Waals surface area contributed by atoms with Gasteiger partial charge in [-0.05, 0) is 46.0 Å². The van der Waals surface area contributed by atoms with Crippen molar-refractivity contribution in [2.45, 2.75) is 0 Å². The van der Waals surface area contributed by atoms with Crippen LogP contribution in [-0.2, 0) is 0 Å². The van der Waals surface area contributed by atoms with Crippen LogP contribution in [0.1, 0.15) is 0 Å². The molecule has 7 aromatic rings. The van der Waals surface area contributed by atoms with Gasteiger partial charge < -0.3 is 0 Å². The summed E-state index contributed by atoms with van der Waals surface area (Å²) >= 11 is 0. The van der Waals surface area contributed by atoms with Gasteiger partial charge in [-0.25, -0.2) is 0 Å². The molecule has 7 rings (SSSR count). The minimum atomic E-state index is 0.928. The Kier molecular flexibility index (Phi) is 6.20. The van der Waals surface area contributed by atoms with E-state index in [4.69, 9.17) is 9.97 Å². The van der Waals surface area contributed by atoms with Crippen molar-refractivity contribution >= 4 is 10.9 Å². The summed E-state index contributed by atoms with van der Waals surface area (Å²) in [6.45, 7) is 0. The van der Waals surface area contributed by atoms with Crippen LogP contribution in [0.2, 0.25) is 0 Å². The van der Waals surface area contributed by atoms with E-state index in [1.54, 1.807) is 0 Å². The highest BCUT2D eigenvalue weighted by atomic mass is 14.7. The molecule has 0 aliphatic heterocycles. The molecule has 2 heterocycles. The van der Waals surface area contributed by atoms with Gasteiger partial charge in [-0.3, -0.25) is 9.97 Å². The predicted octanol–water partition coefficient (Wildman–Crippen LogP) is 9.96. The van der Waals surface area contributed by atoms with Crippen LogP contribution in [-0.4, -0.2) is 9.97 Å². The van der Waals surface area contributed by atoms with Crippen LogP contribution < -0.4 is 0 Å². The van der Waals surface area contributed by atoms with E-state index >= 15 is 0 Å². The molecule has 40 heavy (non-hydrogen) atoms. The third-order valence-electron chi connectivity index (χ3n) is 7.38. The topological polar surface area (TPSA) is 25.8 Å². The van der Waals surface area contributed by atoms with Crippen LogP contribution in [0.3, 0.4) is 0 Å². The first-order chi connectivity index (χ1) is 19.9. The third kappa shape index (κ3) is 4.16. The number of rotatable bonds is 5. The monoisotopic (exact) mass is 510 g/mol. The summed E-state index contributed by atoms with van der Waals surface area (Å²) in [5, 5.41) is 1.10. The van der Waals surface area contributed by atoms with Crippen LogP contribution in [0.25, 0.3) is 66.7 Å². The highest BCUT2D eigenvalue weighted by Crippen LogP contribution is 2.51. The van der Waals surface area contributed by atoms with Gasteiger partial charge in [-0.2, -0.15) is 0 Å². The maximum atomic E-state index is 5.12. The van der Waals surface area contributed by atoms with Gasteiger partial charge in [0, 0.05) is 40.0 Å². The Morgan fingerprint density at radius 3 is 1.27 bits per heavy atom. The maximum absolute atomic E-state index is 5.12. The fourth-order valence-corrected chi connectivity index (χ4v) is 5.70. The molecule has 2 heteroatoms. The fourth-order valence-electron chi connectivity index (χ4n) is 5.70. The molecular weight excluding hydrogens is 484 g/mol. The summed E-state index contributed by atoms with van der Waals surface area (Å²) in [6, 6.07) is 51.0. The molecule has 0 fully saturated rings. The molecule has 0 saturated carbocycles. The second kappa shape index (κ2) is 10.4. The average molecular weight is 511 g/mol. The maximum Gasteiger partial charge on any atom is 0.0800 e. The Labute approximate surface area is 234 Å². The van der Waals surface area contributed by atoms with Crippen molar-refractivity contribution in [1.82, 2.24) is 9.97 Å². The number of benzene rings is 5.